The van der Waals surface area contributed by atoms with Crippen molar-refractivity contribution in [3.8, 4) is 0 Å². The number of aliphatic carboxylic acids is 1. The van der Waals surface area contributed by atoms with Crippen LogP contribution >= 0.6 is 45.2 Å². The van der Waals surface area contributed by atoms with E-state index in [0.717, 1.165) is 0 Å². The second kappa shape index (κ2) is 4.56. The van der Waals surface area contributed by atoms with Crippen LogP contribution in [0.25, 0.3) is 0 Å². The normalized spacial score (nSPS) is 11.0. The number of halogens is 2. The van der Waals surface area contributed by atoms with E-state index >= 15 is 0 Å². The van der Waals surface area contributed by atoms with Gasteiger partial charge in [0, 0.05) is 0 Å². The van der Waals surface area contributed by atoms with Gasteiger partial charge in [-0.1, -0.05) is 75.5 Å². The highest BCUT2D eigenvalue weighted by Crippen LogP contribution is 2.40. The molecule has 1 rings (SSSR count). The summed E-state index contributed by atoms with van der Waals surface area (Å²) in [6.45, 7) is 0. The van der Waals surface area contributed by atoms with Crippen molar-refractivity contribution in [2.45, 2.75) is 1.43 Å². The Kier molecular flexibility index (Phi) is 3.87. The van der Waals surface area contributed by atoms with Crippen LogP contribution in [0.1, 0.15) is 5.56 Å². The third-order valence-electron chi connectivity index (χ3n) is 1.62. The molecule has 0 bridgehead atoms. The lowest BCUT2D eigenvalue weighted by Crippen LogP contribution is -2.29. The first-order valence-corrected chi connectivity index (χ1v) is 5.83. The Morgan fingerprint density at radius 2 is 1.64 bits per heavy atom. The second-order valence-corrected chi connectivity index (χ2v) is 7.88. The third-order valence-corrected chi connectivity index (χ3v) is 3.84. The van der Waals surface area contributed by atoms with Crippen molar-refractivity contribution in [3.63, 3.8) is 0 Å². The molecule has 74 valence electrons. The predicted octanol–water partition coefficient (Wildman–Crippen LogP) is 2.36. The molecular weight excluding hydrogens is 410 g/mol. The van der Waals surface area contributed by atoms with Crippen LogP contribution in [0.2, 0.25) is 0 Å². The Morgan fingerprint density at radius 1 is 1.14 bits per heavy atom. The van der Waals surface area contributed by atoms with Crippen molar-refractivity contribution in [1.29, 1.82) is 0 Å². The molecule has 0 aromatic heterocycles. The van der Waals surface area contributed by atoms with Gasteiger partial charge < -0.3 is 5.11 Å². The van der Waals surface area contributed by atoms with Gasteiger partial charge in [-0.05, 0) is 5.56 Å². The van der Waals surface area contributed by atoms with Crippen LogP contribution in [0.3, 0.4) is 0 Å². The van der Waals surface area contributed by atoms with Gasteiger partial charge >= 0.3 is 5.97 Å². The summed E-state index contributed by atoms with van der Waals surface area (Å²) < 4.78 is -1.03. The molecule has 1 aromatic carbocycles. The Bertz CT molecular complexity index is 360. The number of Topliss-reactive ketones (excluding diaryl/α,β-unsaturated/α-hetero) is 1. The van der Waals surface area contributed by atoms with E-state index in [-0.39, 0.29) is 0 Å². The fraction of sp³-hybridized carbons (Fsp3) is 0.111. The Labute approximate surface area is 108 Å². The third kappa shape index (κ3) is 2.44. The van der Waals surface area contributed by atoms with E-state index in [1.54, 1.807) is 24.3 Å². The highest BCUT2D eigenvalue weighted by Gasteiger charge is 2.38. The number of benzene rings is 1. The molecule has 1 N–H and O–H groups in total. The summed E-state index contributed by atoms with van der Waals surface area (Å²) in [5.74, 6) is -2.22. The maximum Gasteiger partial charge on any atom is 0.374 e. The minimum atomic E-state index is -1.40. The lowest BCUT2D eigenvalue weighted by Gasteiger charge is -2.16. The summed E-state index contributed by atoms with van der Waals surface area (Å²) in [6.07, 6.45) is 0. The van der Waals surface area contributed by atoms with Crippen molar-refractivity contribution < 1.29 is 14.7 Å². The minimum absolute atomic E-state index is 0.689. The van der Waals surface area contributed by atoms with Crippen LogP contribution in [0.5, 0.6) is 0 Å². The van der Waals surface area contributed by atoms with E-state index < -0.39 is 13.2 Å². The Morgan fingerprint density at radius 3 is 2.07 bits per heavy atom. The number of carboxylic acids is 1. The molecule has 0 radical (unpaired) electrons. The van der Waals surface area contributed by atoms with Gasteiger partial charge in [-0.2, -0.15) is 0 Å². The average Bonchev–Trinajstić information content (AvgIpc) is 2.18. The maximum atomic E-state index is 11.4. The molecule has 0 saturated heterocycles. The molecule has 1 aromatic rings. The first kappa shape index (κ1) is 11.9. The topological polar surface area (TPSA) is 54.4 Å². The average molecular weight is 416 g/mol. The molecular formula is C9H6I2O3. The molecule has 0 amide bonds. The molecule has 3 nitrogen and oxygen atoms in total. The van der Waals surface area contributed by atoms with Gasteiger partial charge in [-0.25, -0.2) is 4.79 Å². The second-order valence-electron chi connectivity index (χ2n) is 2.57. The molecule has 0 aliphatic rings. The van der Waals surface area contributed by atoms with E-state index in [2.05, 4.69) is 0 Å². The molecule has 0 heterocycles. The zero-order valence-corrected chi connectivity index (χ0v) is 11.2. The number of ketones is 1. The maximum absolute atomic E-state index is 11.4. The first-order chi connectivity index (χ1) is 6.46. The summed E-state index contributed by atoms with van der Waals surface area (Å²) in [5.41, 5.74) is 0.689. The monoisotopic (exact) mass is 416 g/mol. The molecule has 0 unspecified atom stereocenters. The SMILES string of the molecule is O=C(O)C(=O)C(I)(I)c1ccccc1. The van der Waals surface area contributed by atoms with Crippen LogP contribution in [0, 0.1) is 0 Å². The summed E-state index contributed by atoms with van der Waals surface area (Å²) in [7, 11) is 0. The van der Waals surface area contributed by atoms with Gasteiger partial charge in [-0.15, -0.1) is 0 Å². The number of alkyl halides is 2. The van der Waals surface area contributed by atoms with Crippen LogP contribution < -0.4 is 0 Å². The fourth-order valence-corrected chi connectivity index (χ4v) is 2.09. The molecule has 0 aliphatic heterocycles. The summed E-state index contributed by atoms with van der Waals surface area (Å²) in [4.78, 5) is 21.9. The number of carboxylic acid groups (broad SMARTS) is 1. The predicted molar refractivity (Wildman–Crippen MR) is 68.8 cm³/mol. The van der Waals surface area contributed by atoms with E-state index in [1.807, 2.05) is 51.2 Å². The van der Waals surface area contributed by atoms with Gasteiger partial charge in [0.1, 0.15) is 0 Å². The molecule has 0 spiro atoms. The molecule has 14 heavy (non-hydrogen) atoms. The quantitative estimate of drug-likeness (QED) is 0.468. The van der Waals surface area contributed by atoms with Crippen LogP contribution in [0.15, 0.2) is 30.3 Å². The number of carbonyl (C=O) groups excluding carboxylic acids is 1. The smallest absolute Gasteiger partial charge is 0.374 e. The lowest BCUT2D eigenvalue weighted by molar-refractivity contribution is -0.148. The van der Waals surface area contributed by atoms with Crippen molar-refractivity contribution >= 4 is 56.9 Å². The van der Waals surface area contributed by atoms with Crippen molar-refractivity contribution in [2.24, 2.45) is 0 Å². The summed E-state index contributed by atoms with van der Waals surface area (Å²) in [5, 5.41) is 8.62. The Balaban J connectivity index is 3.08. The summed E-state index contributed by atoms with van der Waals surface area (Å²) >= 11 is 3.68. The highest BCUT2D eigenvalue weighted by atomic mass is 127. The minimum Gasteiger partial charge on any atom is -0.475 e. The van der Waals surface area contributed by atoms with Crippen molar-refractivity contribution in [1.82, 2.24) is 0 Å². The number of carbonyl (C=O) groups is 2. The van der Waals surface area contributed by atoms with E-state index in [9.17, 15) is 9.59 Å². The van der Waals surface area contributed by atoms with Crippen LogP contribution in [-0.4, -0.2) is 16.9 Å². The number of rotatable bonds is 3. The van der Waals surface area contributed by atoms with Gasteiger partial charge in [0.15, 0.2) is 1.43 Å². The molecule has 5 heteroatoms. The van der Waals surface area contributed by atoms with Crippen molar-refractivity contribution in [3.05, 3.63) is 35.9 Å². The largest absolute Gasteiger partial charge is 0.475 e. The molecule has 0 fully saturated rings. The van der Waals surface area contributed by atoms with E-state index in [4.69, 9.17) is 5.11 Å². The van der Waals surface area contributed by atoms with E-state index in [1.165, 1.54) is 0 Å². The first-order valence-electron chi connectivity index (χ1n) is 3.67. The van der Waals surface area contributed by atoms with Gasteiger partial charge in [0.25, 0.3) is 5.78 Å². The Hall–Kier alpha value is -0.180. The summed E-state index contributed by atoms with van der Waals surface area (Å²) in [6, 6.07) is 8.84. The highest BCUT2D eigenvalue weighted by molar-refractivity contribution is 14.2. The molecule has 0 aliphatic carbocycles. The van der Waals surface area contributed by atoms with E-state index in [0.29, 0.717) is 5.56 Å². The number of hydrogen-bond donors (Lipinski definition) is 1. The van der Waals surface area contributed by atoms with Crippen LogP contribution in [-0.2, 0) is 11.0 Å². The number of hydrogen-bond acceptors (Lipinski definition) is 2. The fourth-order valence-electron chi connectivity index (χ4n) is 0.913. The standard InChI is InChI=1S/C9H6I2O3/c10-9(11,7(12)8(13)14)6-4-2-1-3-5-6/h1-5H,(H,13,14). The van der Waals surface area contributed by atoms with Gasteiger partial charge in [0.2, 0.25) is 0 Å². The van der Waals surface area contributed by atoms with Crippen LogP contribution in [0.4, 0.5) is 0 Å². The lowest BCUT2D eigenvalue weighted by atomic mass is 10.1. The zero-order chi connectivity index (χ0) is 10.8. The van der Waals surface area contributed by atoms with Crippen molar-refractivity contribution in [2.75, 3.05) is 0 Å². The van der Waals surface area contributed by atoms with Gasteiger partial charge in [-0.3, -0.25) is 4.79 Å². The molecule has 0 atom stereocenters. The molecule has 0 saturated carbocycles. The zero-order valence-electron chi connectivity index (χ0n) is 6.91. The van der Waals surface area contributed by atoms with Gasteiger partial charge in [0.05, 0.1) is 0 Å².